The summed E-state index contributed by atoms with van der Waals surface area (Å²) in [5.41, 5.74) is -1.50. The zero-order valence-corrected chi connectivity index (χ0v) is 10.6. The molecule has 0 saturated heterocycles. The van der Waals surface area contributed by atoms with Crippen LogP contribution in [-0.2, 0) is 0 Å². The first kappa shape index (κ1) is 14.9. The summed E-state index contributed by atoms with van der Waals surface area (Å²) >= 11 is 0. The number of nitro benzene ring substituents is 1. The molecule has 0 spiro atoms. The predicted molar refractivity (Wildman–Crippen MR) is 66.2 cm³/mol. The van der Waals surface area contributed by atoms with Crippen LogP contribution >= 0.6 is 0 Å². The van der Waals surface area contributed by atoms with Gasteiger partial charge in [-0.1, -0.05) is 13.0 Å². The Morgan fingerprint density at radius 1 is 1.63 bits per heavy atom. The number of halogens is 1. The number of hydrogen-bond acceptors (Lipinski definition) is 5. The SMILES string of the molecule is CCNC(C)(C#N)COc1c(F)cccc1[N+](=O)[O-]. The molecular formula is C12H14FN3O3. The lowest BCUT2D eigenvalue weighted by Crippen LogP contribution is -2.46. The van der Waals surface area contributed by atoms with Crippen molar-refractivity contribution in [2.45, 2.75) is 19.4 Å². The van der Waals surface area contributed by atoms with E-state index in [1.165, 1.54) is 6.07 Å². The van der Waals surface area contributed by atoms with Crippen LogP contribution in [0.5, 0.6) is 5.75 Å². The number of hydrogen-bond donors (Lipinski definition) is 1. The summed E-state index contributed by atoms with van der Waals surface area (Å²) in [7, 11) is 0. The Balaban J connectivity index is 2.95. The summed E-state index contributed by atoms with van der Waals surface area (Å²) < 4.78 is 18.7. The van der Waals surface area contributed by atoms with Gasteiger partial charge in [0.05, 0.1) is 11.0 Å². The minimum absolute atomic E-state index is 0.195. The van der Waals surface area contributed by atoms with Gasteiger partial charge in [-0.25, -0.2) is 4.39 Å². The van der Waals surface area contributed by atoms with Gasteiger partial charge in [-0.15, -0.1) is 0 Å². The van der Waals surface area contributed by atoms with Crippen molar-refractivity contribution in [3.63, 3.8) is 0 Å². The van der Waals surface area contributed by atoms with E-state index in [2.05, 4.69) is 5.32 Å². The third kappa shape index (κ3) is 3.63. The van der Waals surface area contributed by atoms with E-state index in [4.69, 9.17) is 10.00 Å². The van der Waals surface area contributed by atoms with Gasteiger partial charge in [0.25, 0.3) is 0 Å². The van der Waals surface area contributed by atoms with Gasteiger partial charge in [-0.05, 0) is 19.5 Å². The van der Waals surface area contributed by atoms with E-state index in [0.717, 1.165) is 12.1 Å². The Hall–Kier alpha value is -2.20. The molecule has 0 aliphatic rings. The number of nitro groups is 1. The fourth-order valence-electron chi connectivity index (χ4n) is 1.51. The predicted octanol–water partition coefficient (Wildman–Crippen LogP) is 2.00. The Morgan fingerprint density at radius 2 is 2.32 bits per heavy atom. The third-order valence-electron chi connectivity index (χ3n) is 2.46. The van der Waals surface area contributed by atoms with E-state index < -0.39 is 27.7 Å². The molecule has 0 aliphatic heterocycles. The number of nitrogens with zero attached hydrogens (tertiary/aromatic N) is 2. The van der Waals surface area contributed by atoms with Crippen molar-refractivity contribution in [3.8, 4) is 11.8 Å². The molecule has 0 heterocycles. The van der Waals surface area contributed by atoms with Crippen LogP contribution in [0.2, 0.25) is 0 Å². The second-order valence-electron chi connectivity index (χ2n) is 4.11. The van der Waals surface area contributed by atoms with Crippen LogP contribution in [0.25, 0.3) is 0 Å². The standard InChI is InChI=1S/C12H14FN3O3/c1-3-15-12(2,7-14)8-19-11-9(13)5-4-6-10(11)16(17)18/h4-6,15H,3,8H2,1-2H3. The monoisotopic (exact) mass is 267 g/mol. The van der Waals surface area contributed by atoms with Crippen LogP contribution in [0.1, 0.15) is 13.8 Å². The fraction of sp³-hybridized carbons (Fsp3) is 0.417. The highest BCUT2D eigenvalue weighted by Crippen LogP contribution is 2.30. The van der Waals surface area contributed by atoms with Crippen molar-refractivity contribution in [2.75, 3.05) is 13.2 Å². The molecule has 1 N–H and O–H groups in total. The van der Waals surface area contributed by atoms with E-state index in [1.807, 2.05) is 6.07 Å². The summed E-state index contributed by atoms with van der Waals surface area (Å²) in [6.45, 7) is 3.70. The topological polar surface area (TPSA) is 88.2 Å². The Morgan fingerprint density at radius 3 is 2.84 bits per heavy atom. The summed E-state index contributed by atoms with van der Waals surface area (Å²) in [5.74, 6) is -1.28. The quantitative estimate of drug-likeness (QED) is 0.629. The zero-order chi connectivity index (χ0) is 14.5. The lowest BCUT2D eigenvalue weighted by atomic mass is 10.1. The first-order chi connectivity index (χ1) is 8.93. The van der Waals surface area contributed by atoms with Gasteiger partial charge in [-0.3, -0.25) is 15.4 Å². The van der Waals surface area contributed by atoms with Crippen molar-refractivity contribution in [1.29, 1.82) is 5.26 Å². The molecule has 1 rings (SSSR count). The van der Waals surface area contributed by atoms with Crippen LogP contribution in [0.4, 0.5) is 10.1 Å². The molecule has 0 amide bonds. The molecule has 0 saturated carbocycles. The normalized spacial score (nSPS) is 13.4. The molecule has 7 heteroatoms. The van der Waals surface area contributed by atoms with E-state index in [-0.39, 0.29) is 6.61 Å². The number of nitrogens with one attached hydrogen (secondary N) is 1. The summed E-state index contributed by atoms with van der Waals surface area (Å²) in [6.07, 6.45) is 0. The number of nitriles is 1. The molecule has 1 aromatic carbocycles. The molecule has 1 atom stereocenters. The zero-order valence-electron chi connectivity index (χ0n) is 10.6. The highest BCUT2D eigenvalue weighted by molar-refractivity contribution is 5.47. The lowest BCUT2D eigenvalue weighted by Gasteiger charge is -2.22. The minimum atomic E-state index is -1.04. The van der Waals surface area contributed by atoms with Crippen LogP contribution < -0.4 is 10.1 Å². The van der Waals surface area contributed by atoms with Crippen molar-refractivity contribution in [3.05, 3.63) is 34.1 Å². The van der Waals surface area contributed by atoms with E-state index in [9.17, 15) is 14.5 Å². The van der Waals surface area contributed by atoms with E-state index in [0.29, 0.717) is 6.54 Å². The molecule has 6 nitrogen and oxygen atoms in total. The molecule has 0 fully saturated rings. The maximum Gasteiger partial charge on any atom is 0.314 e. The van der Waals surface area contributed by atoms with Gasteiger partial charge < -0.3 is 4.74 Å². The smallest absolute Gasteiger partial charge is 0.314 e. The van der Waals surface area contributed by atoms with Gasteiger partial charge >= 0.3 is 5.69 Å². The second-order valence-corrected chi connectivity index (χ2v) is 4.11. The minimum Gasteiger partial charge on any atom is -0.482 e. The molecule has 0 radical (unpaired) electrons. The molecule has 0 aliphatic carbocycles. The number of likely N-dealkylation sites (N-methyl/N-ethyl adjacent to an activating group) is 1. The molecule has 0 bridgehead atoms. The Labute approximate surface area is 109 Å². The molecule has 1 unspecified atom stereocenters. The summed E-state index contributed by atoms with van der Waals surface area (Å²) in [6, 6.07) is 5.44. The molecule has 0 aromatic heterocycles. The van der Waals surface area contributed by atoms with Gasteiger partial charge in [-0.2, -0.15) is 5.26 Å². The highest BCUT2D eigenvalue weighted by atomic mass is 19.1. The number of para-hydroxylation sites is 1. The van der Waals surface area contributed by atoms with Crippen LogP contribution in [-0.4, -0.2) is 23.6 Å². The maximum atomic E-state index is 13.5. The van der Waals surface area contributed by atoms with Crippen LogP contribution in [0, 0.1) is 27.3 Å². The van der Waals surface area contributed by atoms with Gasteiger partial charge in [0.15, 0.2) is 5.82 Å². The van der Waals surface area contributed by atoms with E-state index in [1.54, 1.807) is 13.8 Å². The van der Waals surface area contributed by atoms with Gasteiger partial charge in [0.1, 0.15) is 12.1 Å². The Kier molecular flexibility index (Phi) is 4.78. The first-order valence-corrected chi connectivity index (χ1v) is 5.65. The van der Waals surface area contributed by atoms with Gasteiger partial charge in [0, 0.05) is 6.07 Å². The highest BCUT2D eigenvalue weighted by Gasteiger charge is 2.27. The summed E-state index contributed by atoms with van der Waals surface area (Å²) in [5, 5.41) is 22.7. The van der Waals surface area contributed by atoms with Crippen molar-refractivity contribution in [2.24, 2.45) is 0 Å². The van der Waals surface area contributed by atoms with Gasteiger partial charge in [0.2, 0.25) is 5.75 Å². The molecule has 1 aromatic rings. The number of rotatable bonds is 6. The van der Waals surface area contributed by atoms with Crippen molar-refractivity contribution >= 4 is 5.69 Å². The number of ether oxygens (including phenoxy) is 1. The third-order valence-corrected chi connectivity index (χ3v) is 2.46. The molecule has 19 heavy (non-hydrogen) atoms. The van der Waals surface area contributed by atoms with Crippen LogP contribution in [0.3, 0.4) is 0 Å². The molecule has 102 valence electrons. The second kappa shape index (κ2) is 6.11. The first-order valence-electron chi connectivity index (χ1n) is 5.65. The average Bonchev–Trinajstić information content (AvgIpc) is 2.37. The average molecular weight is 267 g/mol. The molecular weight excluding hydrogens is 253 g/mol. The van der Waals surface area contributed by atoms with Crippen molar-refractivity contribution < 1.29 is 14.1 Å². The number of benzene rings is 1. The largest absolute Gasteiger partial charge is 0.482 e. The van der Waals surface area contributed by atoms with E-state index >= 15 is 0 Å². The van der Waals surface area contributed by atoms with Crippen LogP contribution in [0.15, 0.2) is 18.2 Å². The summed E-state index contributed by atoms with van der Waals surface area (Å²) in [4.78, 5) is 10.0. The fourth-order valence-corrected chi connectivity index (χ4v) is 1.51. The maximum absolute atomic E-state index is 13.5. The van der Waals surface area contributed by atoms with Crippen molar-refractivity contribution in [1.82, 2.24) is 5.32 Å². The lowest BCUT2D eigenvalue weighted by molar-refractivity contribution is -0.386. The Bertz CT molecular complexity index is 515.